The first-order chi connectivity index (χ1) is 6.52. The molecule has 0 unspecified atom stereocenters. The highest BCUT2D eigenvalue weighted by Crippen LogP contribution is 2.08. The highest BCUT2D eigenvalue weighted by Gasteiger charge is 2.15. The number of hydrogen-bond donors (Lipinski definition) is 0. The Morgan fingerprint density at radius 2 is 2.14 bits per heavy atom. The summed E-state index contributed by atoms with van der Waals surface area (Å²) in [5, 5.41) is 0.341. The highest BCUT2D eigenvalue weighted by atomic mass is 35.5. The van der Waals surface area contributed by atoms with E-state index in [9.17, 15) is 4.79 Å². The number of aromatic nitrogens is 1. The Balaban J connectivity index is 2.89. The number of carbonyl (C=O) groups is 1. The quantitative estimate of drug-likeness (QED) is 0.705. The van der Waals surface area contributed by atoms with E-state index in [-0.39, 0.29) is 11.9 Å². The van der Waals surface area contributed by atoms with E-state index in [4.69, 9.17) is 11.6 Å². The molecule has 1 aromatic heterocycles. The lowest BCUT2D eigenvalue weighted by atomic mass is 10.3. The van der Waals surface area contributed by atoms with Crippen LogP contribution in [0.25, 0.3) is 0 Å². The standard InChI is InChI=1S/C10H13ClN2O/c1-7(2)13(3)10(14)8-5-4-6-9(11)12-8/h4-7H,1-3H3. The van der Waals surface area contributed by atoms with E-state index in [1.807, 2.05) is 13.8 Å². The number of nitrogens with zero attached hydrogens (tertiary/aromatic N) is 2. The lowest BCUT2D eigenvalue weighted by Crippen LogP contribution is -2.33. The lowest BCUT2D eigenvalue weighted by Gasteiger charge is -2.20. The molecule has 0 aliphatic rings. The van der Waals surface area contributed by atoms with Gasteiger partial charge in [-0.05, 0) is 26.0 Å². The molecule has 76 valence electrons. The van der Waals surface area contributed by atoms with Crippen molar-refractivity contribution in [2.75, 3.05) is 7.05 Å². The van der Waals surface area contributed by atoms with E-state index < -0.39 is 0 Å². The van der Waals surface area contributed by atoms with Gasteiger partial charge in [-0.25, -0.2) is 4.98 Å². The van der Waals surface area contributed by atoms with Crippen molar-refractivity contribution in [1.82, 2.24) is 9.88 Å². The minimum Gasteiger partial charge on any atom is -0.338 e. The maximum Gasteiger partial charge on any atom is 0.272 e. The second-order valence-electron chi connectivity index (χ2n) is 3.36. The molecule has 0 bridgehead atoms. The fourth-order valence-electron chi connectivity index (χ4n) is 0.943. The van der Waals surface area contributed by atoms with Gasteiger partial charge in [0.05, 0.1) is 0 Å². The van der Waals surface area contributed by atoms with Crippen LogP contribution in [0.1, 0.15) is 24.3 Å². The second kappa shape index (κ2) is 4.42. The largest absolute Gasteiger partial charge is 0.338 e. The molecule has 0 fully saturated rings. The Morgan fingerprint density at radius 3 is 2.64 bits per heavy atom. The lowest BCUT2D eigenvalue weighted by molar-refractivity contribution is 0.0749. The van der Waals surface area contributed by atoms with Crippen LogP contribution in [0.5, 0.6) is 0 Å². The number of amides is 1. The number of pyridine rings is 1. The van der Waals surface area contributed by atoms with E-state index >= 15 is 0 Å². The van der Waals surface area contributed by atoms with Gasteiger partial charge in [0.25, 0.3) is 5.91 Å². The van der Waals surface area contributed by atoms with Crippen LogP contribution >= 0.6 is 11.6 Å². The molecule has 3 nitrogen and oxygen atoms in total. The van der Waals surface area contributed by atoms with E-state index in [1.165, 1.54) is 0 Å². The molecule has 0 aromatic carbocycles. The second-order valence-corrected chi connectivity index (χ2v) is 3.74. The number of hydrogen-bond acceptors (Lipinski definition) is 2. The van der Waals surface area contributed by atoms with E-state index in [0.717, 1.165) is 0 Å². The van der Waals surface area contributed by atoms with E-state index in [0.29, 0.717) is 10.8 Å². The zero-order valence-electron chi connectivity index (χ0n) is 8.49. The third kappa shape index (κ3) is 2.45. The summed E-state index contributed by atoms with van der Waals surface area (Å²) in [5.74, 6) is -0.109. The molecular formula is C10H13ClN2O. The fraction of sp³-hybridized carbons (Fsp3) is 0.400. The Labute approximate surface area is 88.7 Å². The molecule has 1 amide bonds. The summed E-state index contributed by atoms with van der Waals surface area (Å²) in [6.07, 6.45) is 0. The number of carbonyl (C=O) groups excluding carboxylic acids is 1. The average molecular weight is 213 g/mol. The molecule has 0 N–H and O–H groups in total. The van der Waals surface area contributed by atoms with Gasteiger partial charge in [-0.1, -0.05) is 17.7 Å². The Morgan fingerprint density at radius 1 is 1.50 bits per heavy atom. The summed E-state index contributed by atoms with van der Waals surface area (Å²) in [5.41, 5.74) is 0.383. The molecule has 0 atom stereocenters. The third-order valence-electron chi connectivity index (χ3n) is 2.03. The van der Waals surface area contributed by atoms with Gasteiger partial charge in [-0.15, -0.1) is 0 Å². The van der Waals surface area contributed by atoms with Gasteiger partial charge < -0.3 is 4.90 Å². The van der Waals surface area contributed by atoms with Gasteiger partial charge in [0, 0.05) is 13.1 Å². The number of halogens is 1. The van der Waals surface area contributed by atoms with Crippen molar-refractivity contribution in [3.63, 3.8) is 0 Å². The predicted molar refractivity (Wildman–Crippen MR) is 56.5 cm³/mol. The SMILES string of the molecule is CC(C)N(C)C(=O)c1cccc(Cl)n1. The smallest absolute Gasteiger partial charge is 0.272 e. The van der Waals surface area contributed by atoms with Gasteiger partial charge in [0.1, 0.15) is 10.8 Å². The molecular weight excluding hydrogens is 200 g/mol. The van der Waals surface area contributed by atoms with E-state index in [2.05, 4.69) is 4.98 Å². The first kappa shape index (κ1) is 11.0. The summed E-state index contributed by atoms with van der Waals surface area (Å²) in [6.45, 7) is 3.89. The van der Waals surface area contributed by atoms with Crippen molar-refractivity contribution in [2.24, 2.45) is 0 Å². The van der Waals surface area contributed by atoms with Crippen LogP contribution in [0, 0.1) is 0 Å². The summed E-state index contributed by atoms with van der Waals surface area (Å²) in [6, 6.07) is 5.18. The zero-order chi connectivity index (χ0) is 10.7. The average Bonchev–Trinajstić information content (AvgIpc) is 2.15. The Bertz CT molecular complexity index is 339. The predicted octanol–water partition coefficient (Wildman–Crippen LogP) is 2.22. The van der Waals surface area contributed by atoms with Crippen molar-refractivity contribution in [2.45, 2.75) is 19.9 Å². The summed E-state index contributed by atoms with van der Waals surface area (Å²) >= 11 is 5.69. The van der Waals surface area contributed by atoms with Gasteiger partial charge in [-0.3, -0.25) is 4.79 Å². The highest BCUT2D eigenvalue weighted by molar-refractivity contribution is 6.29. The first-order valence-corrected chi connectivity index (χ1v) is 4.80. The molecule has 0 aliphatic carbocycles. The summed E-state index contributed by atoms with van der Waals surface area (Å²) in [4.78, 5) is 17.3. The van der Waals surface area contributed by atoms with Crippen molar-refractivity contribution in [3.8, 4) is 0 Å². The molecule has 1 aromatic rings. The molecule has 0 aliphatic heterocycles. The van der Waals surface area contributed by atoms with Gasteiger partial charge in [0.2, 0.25) is 0 Å². The fourth-order valence-corrected chi connectivity index (χ4v) is 1.11. The van der Waals surface area contributed by atoms with Gasteiger partial charge >= 0.3 is 0 Å². The van der Waals surface area contributed by atoms with Crippen LogP contribution in [-0.4, -0.2) is 28.9 Å². The third-order valence-corrected chi connectivity index (χ3v) is 2.24. The zero-order valence-corrected chi connectivity index (χ0v) is 9.25. The molecule has 1 rings (SSSR count). The molecule has 0 spiro atoms. The Kier molecular flexibility index (Phi) is 3.47. The van der Waals surface area contributed by atoms with Crippen LogP contribution in [0.15, 0.2) is 18.2 Å². The van der Waals surface area contributed by atoms with Crippen molar-refractivity contribution < 1.29 is 4.79 Å². The van der Waals surface area contributed by atoms with Crippen molar-refractivity contribution >= 4 is 17.5 Å². The topological polar surface area (TPSA) is 33.2 Å². The monoisotopic (exact) mass is 212 g/mol. The molecule has 0 saturated carbocycles. The van der Waals surface area contributed by atoms with Crippen LogP contribution in [0.2, 0.25) is 5.15 Å². The summed E-state index contributed by atoms with van der Waals surface area (Å²) < 4.78 is 0. The molecule has 1 heterocycles. The van der Waals surface area contributed by atoms with Crippen molar-refractivity contribution in [1.29, 1.82) is 0 Å². The number of rotatable bonds is 2. The molecule has 0 radical (unpaired) electrons. The molecule has 14 heavy (non-hydrogen) atoms. The van der Waals surface area contributed by atoms with Crippen LogP contribution < -0.4 is 0 Å². The van der Waals surface area contributed by atoms with Gasteiger partial charge in [0.15, 0.2) is 0 Å². The van der Waals surface area contributed by atoms with Crippen LogP contribution in [-0.2, 0) is 0 Å². The minimum atomic E-state index is -0.109. The Hall–Kier alpha value is -1.09. The van der Waals surface area contributed by atoms with E-state index in [1.54, 1.807) is 30.1 Å². The van der Waals surface area contributed by atoms with Crippen molar-refractivity contribution in [3.05, 3.63) is 29.0 Å². The normalized spacial score (nSPS) is 10.4. The first-order valence-electron chi connectivity index (χ1n) is 4.42. The van der Waals surface area contributed by atoms with Crippen LogP contribution in [0.3, 0.4) is 0 Å². The molecule has 4 heteroatoms. The maximum atomic E-state index is 11.7. The van der Waals surface area contributed by atoms with Crippen LogP contribution in [0.4, 0.5) is 0 Å². The maximum absolute atomic E-state index is 11.7. The van der Waals surface area contributed by atoms with Gasteiger partial charge in [-0.2, -0.15) is 0 Å². The minimum absolute atomic E-state index is 0.109. The molecule has 0 saturated heterocycles. The summed E-state index contributed by atoms with van der Waals surface area (Å²) in [7, 11) is 1.75.